The largest absolute Gasteiger partial charge is 0.397 e. The summed E-state index contributed by atoms with van der Waals surface area (Å²) in [6.07, 6.45) is 2.93. The van der Waals surface area contributed by atoms with Crippen LogP contribution in [0.3, 0.4) is 0 Å². The number of nitrogens with zero attached hydrogens (tertiary/aromatic N) is 2. The van der Waals surface area contributed by atoms with Crippen LogP contribution in [0.15, 0.2) is 40.0 Å². The molecule has 2 heterocycles. The number of fused-ring (bicyclic) bond motifs is 1. The number of hydrogen-bond acceptors (Lipinski definition) is 6. The number of nitrogens with one attached hydrogen (secondary N) is 2. The molecule has 0 bridgehead atoms. The van der Waals surface area contributed by atoms with E-state index in [1.807, 2.05) is 0 Å². The summed E-state index contributed by atoms with van der Waals surface area (Å²) >= 11 is 0. The van der Waals surface area contributed by atoms with Crippen LogP contribution in [0.1, 0.15) is 5.76 Å². The van der Waals surface area contributed by atoms with E-state index in [2.05, 4.69) is 20.4 Å². The highest BCUT2D eigenvalue weighted by Gasteiger charge is 2.06. The molecular weight excluding hydrogens is 246 g/mol. The van der Waals surface area contributed by atoms with Crippen LogP contribution in [0.4, 0.5) is 11.4 Å². The first-order chi connectivity index (χ1) is 9.24. The number of hydrogen-bond donors (Lipinski definition) is 3. The van der Waals surface area contributed by atoms with E-state index in [0.29, 0.717) is 34.6 Å². The van der Waals surface area contributed by atoms with Crippen molar-refractivity contribution in [3.63, 3.8) is 0 Å². The van der Waals surface area contributed by atoms with Gasteiger partial charge in [-0.15, -0.1) is 0 Å². The lowest BCUT2D eigenvalue weighted by Gasteiger charge is -2.08. The molecule has 3 aromatic rings. The summed E-state index contributed by atoms with van der Waals surface area (Å²) in [5, 5.41) is 7.19. The molecule has 0 saturated heterocycles. The number of aromatic nitrogens is 3. The lowest BCUT2D eigenvalue weighted by molar-refractivity contribution is 0.388. The highest BCUT2D eigenvalue weighted by Crippen LogP contribution is 2.23. The van der Waals surface area contributed by atoms with Crippen molar-refractivity contribution < 1.29 is 4.52 Å². The Kier molecular flexibility index (Phi) is 2.64. The Labute approximate surface area is 107 Å². The van der Waals surface area contributed by atoms with Crippen LogP contribution in [0.2, 0.25) is 0 Å². The van der Waals surface area contributed by atoms with E-state index >= 15 is 0 Å². The molecule has 1 aromatic carbocycles. The molecule has 0 aliphatic heterocycles. The number of nitrogen functional groups attached to an aromatic ring is 1. The Morgan fingerprint density at radius 3 is 3.11 bits per heavy atom. The third-order valence-corrected chi connectivity index (χ3v) is 2.76. The fourth-order valence-corrected chi connectivity index (χ4v) is 1.80. The molecule has 4 N–H and O–H groups in total. The van der Waals surface area contributed by atoms with Crippen molar-refractivity contribution in [2.24, 2.45) is 0 Å². The minimum absolute atomic E-state index is 0.210. The minimum atomic E-state index is -0.210. The predicted molar refractivity (Wildman–Crippen MR) is 70.6 cm³/mol. The van der Waals surface area contributed by atoms with Crippen LogP contribution in [0, 0.1) is 0 Å². The normalized spacial score (nSPS) is 10.7. The van der Waals surface area contributed by atoms with E-state index in [1.165, 1.54) is 6.33 Å². The van der Waals surface area contributed by atoms with E-state index in [9.17, 15) is 4.79 Å². The van der Waals surface area contributed by atoms with Gasteiger partial charge in [0, 0.05) is 6.07 Å². The fourth-order valence-electron chi connectivity index (χ4n) is 1.80. The van der Waals surface area contributed by atoms with Crippen molar-refractivity contribution in [2.75, 3.05) is 11.1 Å². The summed E-state index contributed by atoms with van der Waals surface area (Å²) in [7, 11) is 0. The van der Waals surface area contributed by atoms with Crippen LogP contribution >= 0.6 is 0 Å². The number of anilines is 2. The van der Waals surface area contributed by atoms with E-state index < -0.39 is 0 Å². The SMILES string of the molecule is Nc1cc2c(=O)[nH]cnc2cc1NCc1ccno1. The maximum Gasteiger partial charge on any atom is 0.258 e. The molecule has 0 radical (unpaired) electrons. The van der Waals surface area contributed by atoms with Gasteiger partial charge >= 0.3 is 0 Å². The Morgan fingerprint density at radius 1 is 1.42 bits per heavy atom. The Hall–Kier alpha value is -2.83. The fraction of sp³-hybridized carbons (Fsp3) is 0.0833. The van der Waals surface area contributed by atoms with Crippen molar-refractivity contribution >= 4 is 22.3 Å². The molecule has 0 aliphatic rings. The van der Waals surface area contributed by atoms with Crippen LogP contribution in [-0.2, 0) is 6.54 Å². The minimum Gasteiger partial charge on any atom is -0.397 e. The zero-order valence-electron chi connectivity index (χ0n) is 9.88. The molecule has 0 unspecified atom stereocenters. The molecule has 19 heavy (non-hydrogen) atoms. The lowest BCUT2D eigenvalue weighted by atomic mass is 10.2. The van der Waals surface area contributed by atoms with Gasteiger partial charge in [-0.25, -0.2) is 4.98 Å². The first-order valence-electron chi connectivity index (χ1n) is 5.64. The molecule has 96 valence electrons. The standard InChI is InChI=1S/C12H11N5O2/c13-9-3-8-10(15-6-16-12(8)18)4-11(9)14-5-7-1-2-17-19-7/h1-4,6,14H,5,13H2,(H,15,16,18). The molecule has 0 atom stereocenters. The monoisotopic (exact) mass is 257 g/mol. The summed E-state index contributed by atoms with van der Waals surface area (Å²) < 4.78 is 4.98. The second-order valence-electron chi connectivity index (χ2n) is 4.02. The maximum atomic E-state index is 11.6. The highest BCUT2D eigenvalue weighted by atomic mass is 16.5. The summed E-state index contributed by atoms with van der Waals surface area (Å²) in [5.41, 5.74) is 7.45. The summed E-state index contributed by atoms with van der Waals surface area (Å²) in [5.74, 6) is 0.693. The third kappa shape index (κ3) is 2.13. The van der Waals surface area contributed by atoms with Crippen molar-refractivity contribution in [1.82, 2.24) is 15.1 Å². The Morgan fingerprint density at radius 2 is 2.32 bits per heavy atom. The maximum absolute atomic E-state index is 11.6. The van der Waals surface area contributed by atoms with E-state index in [-0.39, 0.29) is 5.56 Å². The van der Waals surface area contributed by atoms with Gasteiger partial charge in [-0.3, -0.25) is 4.79 Å². The lowest BCUT2D eigenvalue weighted by Crippen LogP contribution is -2.08. The van der Waals surface area contributed by atoms with Gasteiger partial charge in [-0.1, -0.05) is 5.16 Å². The molecule has 0 spiro atoms. The molecule has 0 amide bonds. The number of nitrogens with two attached hydrogens (primary N) is 1. The molecule has 0 saturated carbocycles. The quantitative estimate of drug-likeness (QED) is 0.606. The van der Waals surface area contributed by atoms with E-state index in [1.54, 1.807) is 24.4 Å². The Bertz CT molecular complexity index is 763. The van der Waals surface area contributed by atoms with Crippen molar-refractivity contribution in [2.45, 2.75) is 6.54 Å². The molecule has 3 rings (SSSR count). The average Bonchev–Trinajstić information content (AvgIpc) is 2.91. The van der Waals surface area contributed by atoms with Gasteiger partial charge in [-0.2, -0.15) is 0 Å². The molecule has 0 fully saturated rings. The van der Waals surface area contributed by atoms with Crippen LogP contribution in [0.5, 0.6) is 0 Å². The molecular formula is C12H11N5O2. The smallest absolute Gasteiger partial charge is 0.258 e. The molecule has 0 aliphatic carbocycles. The first kappa shape index (κ1) is 11.3. The summed E-state index contributed by atoms with van der Waals surface area (Å²) in [6, 6.07) is 5.09. The van der Waals surface area contributed by atoms with Gasteiger partial charge in [0.1, 0.15) is 0 Å². The van der Waals surface area contributed by atoms with Crippen LogP contribution in [-0.4, -0.2) is 15.1 Å². The third-order valence-electron chi connectivity index (χ3n) is 2.76. The second kappa shape index (κ2) is 4.45. The van der Waals surface area contributed by atoms with Gasteiger partial charge in [0.05, 0.1) is 41.3 Å². The van der Waals surface area contributed by atoms with Crippen LogP contribution in [0.25, 0.3) is 10.9 Å². The van der Waals surface area contributed by atoms with E-state index in [0.717, 1.165) is 0 Å². The first-order valence-corrected chi connectivity index (χ1v) is 5.64. The van der Waals surface area contributed by atoms with E-state index in [4.69, 9.17) is 10.3 Å². The molecule has 7 heteroatoms. The van der Waals surface area contributed by atoms with Crippen LogP contribution < -0.4 is 16.6 Å². The Balaban J connectivity index is 1.95. The summed E-state index contributed by atoms with van der Waals surface area (Å²) in [4.78, 5) is 18.2. The van der Waals surface area contributed by atoms with Crippen molar-refractivity contribution in [3.8, 4) is 0 Å². The molecule has 7 nitrogen and oxygen atoms in total. The van der Waals surface area contributed by atoms with Gasteiger partial charge < -0.3 is 20.6 Å². The number of aromatic amines is 1. The van der Waals surface area contributed by atoms with Crippen molar-refractivity contribution in [1.29, 1.82) is 0 Å². The summed E-state index contributed by atoms with van der Waals surface area (Å²) in [6.45, 7) is 0.457. The highest BCUT2D eigenvalue weighted by molar-refractivity contribution is 5.88. The second-order valence-corrected chi connectivity index (χ2v) is 4.02. The number of rotatable bonds is 3. The molecule has 2 aromatic heterocycles. The van der Waals surface area contributed by atoms with Crippen molar-refractivity contribution in [3.05, 3.63) is 46.8 Å². The van der Waals surface area contributed by atoms with Gasteiger partial charge in [0.15, 0.2) is 5.76 Å². The van der Waals surface area contributed by atoms with Gasteiger partial charge in [0.2, 0.25) is 0 Å². The number of H-pyrrole nitrogens is 1. The predicted octanol–water partition coefficient (Wildman–Crippen LogP) is 1.11. The zero-order chi connectivity index (χ0) is 13.2. The average molecular weight is 257 g/mol. The van der Waals surface area contributed by atoms with Gasteiger partial charge in [-0.05, 0) is 12.1 Å². The van der Waals surface area contributed by atoms with Gasteiger partial charge in [0.25, 0.3) is 5.56 Å². The number of benzene rings is 1. The topological polar surface area (TPSA) is 110 Å². The zero-order valence-corrected chi connectivity index (χ0v) is 9.88.